The van der Waals surface area contributed by atoms with Crippen molar-refractivity contribution in [2.24, 2.45) is 0 Å². The molecule has 0 unspecified atom stereocenters. The maximum atomic E-state index is 12.0. The molecule has 1 rings (SSSR count). The standard InChI is InChI=1S/C16H25NO3S/c1-13(2)20-10-6-9-17-16(18)12-21(19)11-15-8-5-4-7-14(15)3/h4-5,7-8,13H,6,9-12H2,1-3H3,(H,17,18)/t21-/m0/s1. The minimum atomic E-state index is -1.17. The van der Waals surface area contributed by atoms with Gasteiger partial charge >= 0.3 is 0 Å². The molecule has 1 aromatic carbocycles. The van der Waals surface area contributed by atoms with Gasteiger partial charge in [0, 0.05) is 29.7 Å². The van der Waals surface area contributed by atoms with Gasteiger partial charge in [-0.2, -0.15) is 0 Å². The van der Waals surface area contributed by atoms with E-state index < -0.39 is 10.8 Å². The molecule has 0 bridgehead atoms. The highest BCUT2D eigenvalue weighted by Crippen LogP contribution is 2.09. The van der Waals surface area contributed by atoms with Crippen LogP contribution < -0.4 is 5.32 Å². The third-order valence-electron chi connectivity index (χ3n) is 2.96. The number of benzene rings is 1. The fourth-order valence-electron chi connectivity index (χ4n) is 1.81. The summed E-state index contributed by atoms with van der Waals surface area (Å²) in [4.78, 5) is 11.7. The highest BCUT2D eigenvalue weighted by Gasteiger charge is 2.09. The second-order valence-corrected chi connectivity index (χ2v) is 6.74. The van der Waals surface area contributed by atoms with Crippen LogP contribution in [0, 0.1) is 6.92 Å². The van der Waals surface area contributed by atoms with Crippen LogP contribution in [0.1, 0.15) is 31.4 Å². The lowest BCUT2D eigenvalue weighted by Crippen LogP contribution is -2.30. The number of ether oxygens (including phenoxy) is 1. The molecule has 0 heterocycles. The molecular formula is C16H25NO3S. The van der Waals surface area contributed by atoms with Crippen molar-refractivity contribution in [3.05, 3.63) is 35.4 Å². The molecule has 0 aliphatic heterocycles. The number of carbonyl (C=O) groups is 1. The first-order valence-corrected chi connectivity index (χ1v) is 8.75. The summed E-state index contributed by atoms with van der Waals surface area (Å²) in [5.74, 6) is 0.321. The number of hydrogen-bond acceptors (Lipinski definition) is 3. The van der Waals surface area contributed by atoms with E-state index in [1.165, 1.54) is 0 Å². The van der Waals surface area contributed by atoms with Crippen LogP contribution in [0.15, 0.2) is 24.3 Å². The van der Waals surface area contributed by atoms with E-state index in [0.29, 0.717) is 18.9 Å². The average Bonchev–Trinajstić information content (AvgIpc) is 2.40. The maximum Gasteiger partial charge on any atom is 0.232 e. The van der Waals surface area contributed by atoms with E-state index in [4.69, 9.17) is 4.74 Å². The molecular weight excluding hydrogens is 286 g/mol. The minimum absolute atomic E-state index is 0.0549. The first-order valence-electron chi connectivity index (χ1n) is 7.27. The van der Waals surface area contributed by atoms with Crippen LogP contribution in [0.2, 0.25) is 0 Å². The zero-order chi connectivity index (χ0) is 15.7. The summed E-state index contributed by atoms with van der Waals surface area (Å²) in [5.41, 5.74) is 2.14. The van der Waals surface area contributed by atoms with Gasteiger partial charge in [-0.15, -0.1) is 0 Å². The van der Waals surface area contributed by atoms with E-state index in [2.05, 4.69) is 5.32 Å². The van der Waals surface area contributed by atoms with Crippen LogP contribution in [0.4, 0.5) is 0 Å². The highest BCUT2D eigenvalue weighted by atomic mass is 32.2. The quantitative estimate of drug-likeness (QED) is 0.711. The highest BCUT2D eigenvalue weighted by molar-refractivity contribution is 7.84. The van der Waals surface area contributed by atoms with Crippen LogP contribution in [0.3, 0.4) is 0 Å². The van der Waals surface area contributed by atoms with E-state index in [-0.39, 0.29) is 17.8 Å². The Morgan fingerprint density at radius 1 is 1.33 bits per heavy atom. The molecule has 0 aliphatic carbocycles. The van der Waals surface area contributed by atoms with Crippen LogP contribution in [-0.4, -0.2) is 35.1 Å². The van der Waals surface area contributed by atoms with E-state index in [9.17, 15) is 9.00 Å². The van der Waals surface area contributed by atoms with Gasteiger partial charge in [0.1, 0.15) is 5.75 Å². The largest absolute Gasteiger partial charge is 0.379 e. The first-order chi connectivity index (χ1) is 9.99. The van der Waals surface area contributed by atoms with Gasteiger partial charge in [-0.1, -0.05) is 24.3 Å². The Kier molecular flexibility index (Phi) is 8.23. The van der Waals surface area contributed by atoms with E-state index in [0.717, 1.165) is 17.5 Å². The van der Waals surface area contributed by atoms with Crippen molar-refractivity contribution in [1.29, 1.82) is 0 Å². The molecule has 0 fully saturated rings. The van der Waals surface area contributed by atoms with Crippen molar-refractivity contribution >= 4 is 16.7 Å². The summed E-state index contributed by atoms with van der Waals surface area (Å²) >= 11 is 0. The second-order valence-electron chi connectivity index (χ2n) is 5.28. The van der Waals surface area contributed by atoms with E-state index in [1.54, 1.807) is 0 Å². The number of amides is 1. The molecule has 0 aliphatic rings. The zero-order valence-electron chi connectivity index (χ0n) is 13.1. The molecule has 0 aromatic heterocycles. The lowest BCUT2D eigenvalue weighted by Gasteiger charge is -2.09. The van der Waals surface area contributed by atoms with Crippen molar-refractivity contribution in [1.82, 2.24) is 5.32 Å². The maximum absolute atomic E-state index is 12.0. The summed E-state index contributed by atoms with van der Waals surface area (Å²) in [6.45, 7) is 7.14. The number of rotatable bonds is 9. The first kappa shape index (κ1) is 17.9. The van der Waals surface area contributed by atoms with Gasteiger partial charge in [-0.05, 0) is 38.3 Å². The molecule has 5 heteroatoms. The van der Waals surface area contributed by atoms with Gasteiger partial charge in [0.15, 0.2) is 0 Å². The number of carbonyl (C=O) groups excluding carboxylic acids is 1. The summed E-state index contributed by atoms with van der Waals surface area (Å²) in [6, 6.07) is 7.82. The molecule has 1 amide bonds. The van der Waals surface area contributed by atoms with Crippen molar-refractivity contribution in [2.75, 3.05) is 18.9 Å². The molecule has 1 atom stereocenters. The Bertz CT molecular complexity index is 474. The van der Waals surface area contributed by atoms with Crippen LogP contribution in [-0.2, 0) is 26.1 Å². The van der Waals surface area contributed by atoms with Gasteiger partial charge in [-0.25, -0.2) is 0 Å². The molecule has 0 radical (unpaired) electrons. The molecule has 1 aromatic rings. The summed E-state index contributed by atoms with van der Waals surface area (Å²) in [7, 11) is -1.17. The Morgan fingerprint density at radius 3 is 2.71 bits per heavy atom. The van der Waals surface area contributed by atoms with Crippen molar-refractivity contribution in [3.8, 4) is 0 Å². The summed E-state index contributed by atoms with van der Waals surface area (Å²) in [5, 5.41) is 2.78. The van der Waals surface area contributed by atoms with Crippen molar-refractivity contribution in [2.45, 2.75) is 39.0 Å². The number of nitrogens with one attached hydrogen (secondary N) is 1. The van der Waals surface area contributed by atoms with Gasteiger partial charge in [-0.3, -0.25) is 9.00 Å². The molecule has 118 valence electrons. The molecule has 0 saturated carbocycles. The summed E-state index contributed by atoms with van der Waals surface area (Å²) < 4.78 is 17.4. The number of aryl methyl sites for hydroxylation is 1. The fraction of sp³-hybridized carbons (Fsp3) is 0.562. The zero-order valence-corrected chi connectivity index (χ0v) is 13.9. The molecule has 0 spiro atoms. The second kappa shape index (κ2) is 9.68. The molecule has 21 heavy (non-hydrogen) atoms. The number of hydrogen-bond donors (Lipinski definition) is 1. The molecule has 1 N–H and O–H groups in total. The predicted molar refractivity (Wildman–Crippen MR) is 86.6 cm³/mol. The topological polar surface area (TPSA) is 55.4 Å². The van der Waals surface area contributed by atoms with Gasteiger partial charge in [0.05, 0.1) is 6.10 Å². The van der Waals surface area contributed by atoms with Gasteiger partial charge in [0.2, 0.25) is 5.91 Å². The van der Waals surface area contributed by atoms with Gasteiger partial charge < -0.3 is 10.1 Å². The Morgan fingerprint density at radius 2 is 2.05 bits per heavy atom. The van der Waals surface area contributed by atoms with Crippen LogP contribution in [0.5, 0.6) is 0 Å². The van der Waals surface area contributed by atoms with E-state index >= 15 is 0 Å². The average molecular weight is 311 g/mol. The molecule has 4 nitrogen and oxygen atoms in total. The van der Waals surface area contributed by atoms with Crippen LogP contribution >= 0.6 is 0 Å². The Hall–Kier alpha value is -1.20. The normalized spacial score (nSPS) is 12.4. The third kappa shape index (κ3) is 7.97. The lowest BCUT2D eigenvalue weighted by atomic mass is 10.1. The monoisotopic (exact) mass is 311 g/mol. The lowest BCUT2D eigenvalue weighted by molar-refractivity contribution is -0.118. The Labute approximate surface area is 129 Å². The minimum Gasteiger partial charge on any atom is -0.379 e. The summed E-state index contributed by atoms with van der Waals surface area (Å²) in [6.07, 6.45) is 0.983. The third-order valence-corrected chi connectivity index (χ3v) is 4.18. The predicted octanol–water partition coefficient (Wildman–Crippen LogP) is 2.18. The van der Waals surface area contributed by atoms with Crippen molar-refractivity contribution < 1.29 is 13.7 Å². The van der Waals surface area contributed by atoms with Crippen molar-refractivity contribution in [3.63, 3.8) is 0 Å². The smallest absolute Gasteiger partial charge is 0.232 e. The Balaban J connectivity index is 2.22. The van der Waals surface area contributed by atoms with Gasteiger partial charge in [0.25, 0.3) is 0 Å². The fourth-order valence-corrected chi connectivity index (χ4v) is 2.98. The SMILES string of the molecule is Cc1ccccc1C[S@](=O)CC(=O)NCCCOC(C)C. The van der Waals surface area contributed by atoms with E-state index in [1.807, 2.05) is 45.0 Å². The van der Waals surface area contributed by atoms with Crippen LogP contribution in [0.25, 0.3) is 0 Å². The molecule has 0 saturated heterocycles.